The van der Waals surface area contributed by atoms with E-state index >= 15 is 0 Å². The third kappa shape index (κ3) is 4.07. The van der Waals surface area contributed by atoms with Gasteiger partial charge in [0.2, 0.25) is 0 Å². The first-order chi connectivity index (χ1) is 15.8. The van der Waals surface area contributed by atoms with Gasteiger partial charge in [0.05, 0.1) is 23.3 Å². The van der Waals surface area contributed by atoms with Crippen molar-refractivity contribution in [3.05, 3.63) is 69.4 Å². The van der Waals surface area contributed by atoms with E-state index in [1.54, 1.807) is 12.1 Å². The lowest BCUT2D eigenvalue weighted by molar-refractivity contribution is -0.384. The maximum absolute atomic E-state index is 13.7. The molecule has 0 bridgehead atoms. The number of imide groups is 1. The van der Waals surface area contributed by atoms with Crippen LogP contribution < -0.4 is 9.64 Å². The van der Waals surface area contributed by atoms with Gasteiger partial charge in [-0.1, -0.05) is 6.07 Å². The first kappa shape index (κ1) is 22.5. The van der Waals surface area contributed by atoms with Crippen molar-refractivity contribution in [1.82, 2.24) is 4.90 Å². The van der Waals surface area contributed by atoms with Crippen molar-refractivity contribution < 1.29 is 24.4 Å². The third-order valence-electron chi connectivity index (χ3n) is 6.09. The van der Waals surface area contributed by atoms with Gasteiger partial charge in [-0.2, -0.15) is 0 Å². The molecule has 2 amide bonds. The zero-order valence-corrected chi connectivity index (χ0v) is 18.5. The first-order valence-electron chi connectivity index (χ1n) is 10.7. The third-order valence-corrected chi connectivity index (χ3v) is 6.09. The number of ether oxygens (including phenoxy) is 1. The molecule has 172 valence electrons. The van der Waals surface area contributed by atoms with E-state index in [-0.39, 0.29) is 29.5 Å². The Morgan fingerprint density at radius 1 is 1.15 bits per heavy atom. The van der Waals surface area contributed by atoms with Crippen molar-refractivity contribution in [3.8, 4) is 5.75 Å². The fourth-order valence-corrected chi connectivity index (χ4v) is 4.43. The highest BCUT2D eigenvalue weighted by Crippen LogP contribution is 2.40. The summed E-state index contributed by atoms with van der Waals surface area (Å²) < 4.78 is 5.42. The van der Waals surface area contributed by atoms with Gasteiger partial charge in [-0.3, -0.25) is 19.7 Å². The van der Waals surface area contributed by atoms with Crippen LogP contribution in [0.5, 0.6) is 5.75 Å². The Morgan fingerprint density at radius 3 is 2.52 bits per heavy atom. The molecule has 2 aromatic rings. The summed E-state index contributed by atoms with van der Waals surface area (Å²) in [6.07, 6.45) is 1.61. The zero-order chi connectivity index (χ0) is 23.7. The van der Waals surface area contributed by atoms with E-state index in [4.69, 9.17) is 4.74 Å². The Morgan fingerprint density at radius 2 is 1.88 bits per heavy atom. The highest BCUT2D eigenvalue weighted by molar-refractivity contribution is 6.45. The molecule has 33 heavy (non-hydrogen) atoms. The lowest BCUT2D eigenvalue weighted by atomic mass is 9.97. The zero-order valence-electron chi connectivity index (χ0n) is 18.5. The molecule has 0 aromatic heterocycles. The maximum atomic E-state index is 13.7. The molecule has 0 radical (unpaired) electrons. The number of aryl methyl sites for hydroxylation is 1. The molecule has 1 N–H and O–H groups in total. The molecule has 0 spiro atoms. The van der Waals surface area contributed by atoms with E-state index in [0.29, 0.717) is 30.1 Å². The Hall–Kier alpha value is -3.72. The molecular formula is C24H25N3O6. The van der Waals surface area contributed by atoms with Crippen LogP contribution >= 0.6 is 0 Å². The molecule has 1 atom stereocenters. The molecule has 0 aliphatic carbocycles. The minimum Gasteiger partial charge on any atom is -0.495 e. The molecule has 2 aliphatic rings. The standard InChI is InChI=1S/C24H25N3O6/c1-15-5-10-20(33-2)19(12-15)26-23(29)21(17-6-8-18(9-7-17)27(31)32)22(24(26)30)25-11-3-4-16(13-25)14-28/h5-10,12,16,28H,3-4,11,13-14H2,1-2H3. The van der Waals surface area contributed by atoms with Crippen molar-refractivity contribution in [2.45, 2.75) is 19.8 Å². The van der Waals surface area contributed by atoms with Gasteiger partial charge in [0, 0.05) is 31.8 Å². The van der Waals surface area contributed by atoms with E-state index in [0.717, 1.165) is 23.3 Å². The number of non-ortho nitro benzene ring substituents is 1. The number of benzene rings is 2. The van der Waals surface area contributed by atoms with Crippen LogP contribution in [0.1, 0.15) is 24.0 Å². The highest BCUT2D eigenvalue weighted by Gasteiger charge is 2.44. The van der Waals surface area contributed by atoms with Crippen molar-refractivity contribution in [1.29, 1.82) is 0 Å². The summed E-state index contributed by atoms with van der Waals surface area (Å²) in [5.74, 6) is -0.608. The lowest BCUT2D eigenvalue weighted by Crippen LogP contribution is -2.40. The number of piperidine rings is 1. The average molecular weight is 451 g/mol. The average Bonchev–Trinajstić information content (AvgIpc) is 3.08. The number of nitrogens with zero attached hydrogens (tertiary/aromatic N) is 3. The second-order valence-electron chi connectivity index (χ2n) is 8.29. The summed E-state index contributed by atoms with van der Waals surface area (Å²) in [6.45, 7) is 2.87. The fourth-order valence-electron chi connectivity index (χ4n) is 4.43. The van der Waals surface area contributed by atoms with Gasteiger partial charge < -0.3 is 14.7 Å². The van der Waals surface area contributed by atoms with Crippen molar-refractivity contribution >= 4 is 28.8 Å². The van der Waals surface area contributed by atoms with E-state index < -0.39 is 16.7 Å². The van der Waals surface area contributed by atoms with Crippen LogP contribution in [0.3, 0.4) is 0 Å². The van der Waals surface area contributed by atoms with Gasteiger partial charge in [-0.05, 0) is 61.1 Å². The van der Waals surface area contributed by atoms with Crippen LogP contribution in [0.15, 0.2) is 48.2 Å². The quantitative estimate of drug-likeness (QED) is 0.408. The predicted molar refractivity (Wildman–Crippen MR) is 122 cm³/mol. The maximum Gasteiger partial charge on any atom is 0.282 e. The molecule has 2 aliphatic heterocycles. The molecule has 1 unspecified atom stereocenters. The van der Waals surface area contributed by atoms with Crippen LogP contribution in [0.2, 0.25) is 0 Å². The van der Waals surface area contributed by atoms with E-state index in [9.17, 15) is 24.8 Å². The highest BCUT2D eigenvalue weighted by atomic mass is 16.6. The number of hydrogen-bond donors (Lipinski definition) is 1. The number of rotatable bonds is 6. The normalized spacial score (nSPS) is 18.8. The molecule has 2 heterocycles. The summed E-state index contributed by atoms with van der Waals surface area (Å²) in [7, 11) is 1.47. The Labute approximate surface area is 191 Å². The van der Waals surface area contributed by atoms with Gasteiger partial charge >= 0.3 is 0 Å². The number of amides is 2. The molecule has 0 saturated carbocycles. The Kier molecular flexibility index (Phi) is 6.15. The summed E-state index contributed by atoms with van der Waals surface area (Å²) >= 11 is 0. The number of anilines is 1. The van der Waals surface area contributed by atoms with Crippen molar-refractivity contribution in [2.24, 2.45) is 5.92 Å². The summed E-state index contributed by atoms with van der Waals surface area (Å²) in [4.78, 5) is 41.0. The molecule has 9 heteroatoms. The van der Waals surface area contributed by atoms with Gasteiger partial charge in [0.15, 0.2) is 0 Å². The van der Waals surface area contributed by atoms with E-state index in [1.807, 2.05) is 17.9 Å². The SMILES string of the molecule is COc1ccc(C)cc1N1C(=O)C(c2ccc([N+](=O)[O-])cc2)=C(N2CCCC(CO)C2)C1=O. The molecule has 9 nitrogen and oxygen atoms in total. The van der Waals surface area contributed by atoms with Crippen LogP contribution in [0, 0.1) is 23.0 Å². The van der Waals surface area contributed by atoms with Gasteiger partial charge in [0.1, 0.15) is 11.4 Å². The van der Waals surface area contributed by atoms with Gasteiger partial charge in [-0.25, -0.2) is 4.90 Å². The van der Waals surface area contributed by atoms with Crippen LogP contribution in [0.25, 0.3) is 5.57 Å². The topological polar surface area (TPSA) is 113 Å². The number of aliphatic hydroxyl groups is 1. The van der Waals surface area contributed by atoms with Gasteiger partial charge in [0.25, 0.3) is 17.5 Å². The number of likely N-dealkylation sites (tertiary alicyclic amines) is 1. The second kappa shape index (κ2) is 9.03. The minimum atomic E-state index is -0.515. The van der Waals surface area contributed by atoms with Gasteiger partial charge in [-0.15, -0.1) is 0 Å². The number of hydrogen-bond acceptors (Lipinski definition) is 7. The summed E-state index contributed by atoms with van der Waals surface area (Å²) in [6, 6.07) is 10.9. The number of carbonyl (C=O) groups is 2. The molecule has 2 aromatic carbocycles. The summed E-state index contributed by atoms with van der Waals surface area (Å²) in [5.41, 5.74) is 1.96. The molecule has 4 rings (SSSR count). The fraction of sp³-hybridized carbons (Fsp3) is 0.333. The number of aliphatic hydroxyl groups excluding tert-OH is 1. The predicted octanol–water partition coefficient (Wildman–Crippen LogP) is 2.90. The number of carbonyl (C=O) groups excluding carboxylic acids is 2. The molecule has 1 saturated heterocycles. The Balaban J connectivity index is 1.85. The first-order valence-corrected chi connectivity index (χ1v) is 10.7. The van der Waals surface area contributed by atoms with Crippen molar-refractivity contribution in [3.63, 3.8) is 0 Å². The lowest BCUT2D eigenvalue weighted by Gasteiger charge is -2.34. The van der Waals surface area contributed by atoms with Crippen LogP contribution in [0.4, 0.5) is 11.4 Å². The number of methoxy groups -OCH3 is 1. The van der Waals surface area contributed by atoms with Crippen molar-refractivity contribution in [2.75, 3.05) is 31.7 Å². The Bertz CT molecular complexity index is 1140. The molecular weight excluding hydrogens is 426 g/mol. The second-order valence-corrected chi connectivity index (χ2v) is 8.29. The largest absolute Gasteiger partial charge is 0.495 e. The number of nitro groups is 1. The van der Waals surface area contributed by atoms with E-state index in [1.165, 1.54) is 31.4 Å². The minimum absolute atomic E-state index is 0.00480. The smallest absolute Gasteiger partial charge is 0.282 e. The molecule has 1 fully saturated rings. The number of nitro benzene ring substituents is 1. The van der Waals surface area contributed by atoms with Crippen LogP contribution in [-0.4, -0.2) is 53.6 Å². The van der Waals surface area contributed by atoms with E-state index in [2.05, 4.69) is 0 Å². The van der Waals surface area contributed by atoms with Crippen LogP contribution in [-0.2, 0) is 9.59 Å². The monoisotopic (exact) mass is 451 g/mol. The summed E-state index contributed by atoms with van der Waals surface area (Å²) in [5, 5.41) is 20.8.